The summed E-state index contributed by atoms with van der Waals surface area (Å²) >= 11 is -1.06. The highest BCUT2D eigenvalue weighted by Gasteiger charge is 2.32. The summed E-state index contributed by atoms with van der Waals surface area (Å²) in [5.41, 5.74) is -0.457. The number of likely N-dealkylation sites (tertiary alicyclic amines) is 1. The second-order valence-electron chi connectivity index (χ2n) is 8.45. The van der Waals surface area contributed by atoms with Crippen LogP contribution in [0, 0.1) is 5.92 Å². The lowest BCUT2D eigenvalue weighted by Crippen LogP contribution is -2.46. The van der Waals surface area contributed by atoms with Crippen molar-refractivity contribution in [1.29, 1.82) is 0 Å². The molecule has 3 atom stereocenters. The number of hydrogen-bond donors (Lipinski definition) is 1. The van der Waals surface area contributed by atoms with E-state index in [0.29, 0.717) is 12.5 Å². The number of carbonyl (C=O) groups is 1. The van der Waals surface area contributed by atoms with E-state index in [4.69, 9.17) is 4.74 Å². The van der Waals surface area contributed by atoms with E-state index >= 15 is 0 Å². The van der Waals surface area contributed by atoms with E-state index < -0.39 is 17.0 Å². The van der Waals surface area contributed by atoms with Gasteiger partial charge < -0.3 is 14.2 Å². The Labute approximate surface area is 144 Å². The molecular weight excluding hydrogens is 312 g/mol. The third kappa shape index (κ3) is 7.31. The zero-order valence-corrected chi connectivity index (χ0v) is 16.6. The monoisotopic (exact) mass is 346 g/mol. The van der Waals surface area contributed by atoms with Crippen LogP contribution in [0.3, 0.4) is 0 Å². The third-order valence-corrected chi connectivity index (χ3v) is 5.68. The minimum Gasteiger partial charge on any atom is -0.598 e. The molecule has 0 bridgehead atoms. The lowest BCUT2D eigenvalue weighted by Gasteiger charge is -2.30. The smallest absolute Gasteiger partial charge is 0.410 e. The van der Waals surface area contributed by atoms with E-state index in [1.54, 1.807) is 4.90 Å². The first-order chi connectivity index (χ1) is 10.4. The molecule has 0 aromatic carbocycles. The number of rotatable bonds is 3. The number of nitrogens with zero attached hydrogens (tertiary/aromatic N) is 1. The molecule has 23 heavy (non-hydrogen) atoms. The molecule has 0 saturated carbocycles. The van der Waals surface area contributed by atoms with E-state index in [2.05, 4.69) is 11.6 Å². The standard InChI is InChI=1S/C17H34N2O3S/c1-13(18-23(21)17(5,6)7)14-9-8-11-19(12-10-14)15(20)22-16(2,3)4/h13-14,18H,8-12H2,1-7H3. The molecule has 0 spiro atoms. The number of ether oxygens (including phenoxy) is 1. The number of amides is 1. The van der Waals surface area contributed by atoms with Crippen LogP contribution in [0.4, 0.5) is 4.79 Å². The summed E-state index contributed by atoms with van der Waals surface area (Å²) < 4.78 is 20.7. The van der Waals surface area contributed by atoms with Crippen LogP contribution in [0.2, 0.25) is 0 Å². The quantitative estimate of drug-likeness (QED) is 0.795. The normalized spacial score (nSPS) is 23.1. The molecule has 0 aromatic rings. The Balaban J connectivity index is 2.53. The summed E-state index contributed by atoms with van der Waals surface area (Å²) in [6.07, 6.45) is 2.68. The molecule has 0 aliphatic carbocycles. The van der Waals surface area contributed by atoms with Gasteiger partial charge in [-0.2, -0.15) is 0 Å². The van der Waals surface area contributed by atoms with Gasteiger partial charge in [0, 0.05) is 24.5 Å². The van der Waals surface area contributed by atoms with Crippen LogP contribution in [-0.4, -0.2) is 45.0 Å². The van der Waals surface area contributed by atoms with Crippen LogP contribution < -0.4 is 4.72 Å². The largest absolute Gasteiger partial charge is 0.598 e. The number of carbonyl (C=O) groups excluding carboxylic acids is 1. The molecule has 6 heteroatoms. The van der Waals surface area contributed by atoms with Crippen molar-refractivity contribution in [2.24, 2.45) is 5.92 Å². The fourth-order valence-electron chi connectivity index (χ4n) is 2.57. The molecule has 1 fully saturated rings. The minimum absolute atomic E-state index is 0.175. The van der Waals surface area contributed by atoms with Gasteiger partial charge in [-0.25, -0.2) is 4.79 Å². The summed E-state index contributed by atoms with van der Waals surface area (Å²) in [4.78, 5) is 14.0. The van der Waals surface area contributed by atoms with Crippen molar-refractivity contribution >= 4 is 17.5 Å². The van der Waals surface area contributed by atoms with Crippen molar-refractivity contribution in [2.75, 3.05) is 13.1 Å². The average Bonchev–Trinajstić information content (AvgIpc) is 2.61. The molecule has 0 aromatic heterocycles. The maximum Gasteiger partial charge on any atom is 0.410 e. The predicted molar refractivity (Wildman–Crippen MR) is 95.6 cm³/mol. The topological polar surface area (TPSA) is 64.6 Å². The zero-order valence-electron chi connectivity index (χ0n) is 15.8. The first-order valence-electron chi connectivity index (χ1n) is 8.56. The van der Waals surface area contributed by atoms with Gasteiger partial charge in [-0.1, -0.05) is 0 Å². The van der Waals surface area contributed by atoms with Gasteiger partial charge in [0.2, 0.25) is 0 Å². The third-order valence-electron chi connectivity index (χ3n) is 3.98. The molecule has 0 radical (unpaired) electrons. The fraction of sp³-hybridized carbons (Fsp3) is 0.941. The van der Waals surface area contributed by atoms with Crippen LogP contribution in [-0.2, 0) is 16.1 Å². The SMILES string of the molecule is CC(N[S+]([O-])C(C)(C)C)C1CCCN(C(=O)OC(C)(C)C)CC1. The van der Waals surface area contributed by atoms with Crippen LogP contribution in [0.5, 0.6) is 0 Å². The Hall–Kier alpha value is -0.460. The molecule has 136 valence electrons. The number of hydrogen-bond acceptors (Lipinski definition) is 4. The molecular formula is C17H34N2O3S. The van der Waals surface area contributed by atoms with Gasteiger partial charge in [0.15, 0.2) is 0 Å². The lowest BCUT2D eigenvalue weighted by atomic mass is 9.94. The van der Waals surface area contributed by atoms with E-state index in [0.717, 1.165) is 25.8 Å². The predicted octanol–water partition coefficient (Wildman–Crippen LogP) is 3.46. The highest BCUT2D eigenvalue weighted by Crippen LogP contribution is 2.24. The lowest BCUT2D eigenvalue weighted by molar-refractivity contribution is 0.0254. The second kappa shape index (κ2) is 8.08. The van der Waals surface area contributed by atoms with Gasteiger partial charge in [-0.05, 0) is 73.6 Å². The van der Waals surface area contributed by atoms with Crippen LogP contribution in [0.1, 0.15) is 67.7 Å². The summed E-state index contributed by atoms with van der Waals surface area (Å²) in [5.74, 6) is 0.425. The highest BCUT2D eigenvalue weighted by molar-refractivity contribution is 7.90. The molecule has 1 heterocycles. The first-order valence-corrected chi connectivity index (χ1v) is 9.71. The zero-order chi connectivity index (χ0) is 17.8. The van der Waals surface area contributed by atoms with E-state index in [1.165, 1.54) is 0 Å². The van der Waals surface area contributed by atoms with E-state index in [9.17, 15) is 9.35 Å². The Morgan fingerprint density at radius 1 is 1.22 bits per heavy atom. The van der Waals surface area contributed by atoms with Crippen LogP contribution in [0.25, 0.3) is 0 Å². The van der Waals surface area contributed by atoms with Gasteiger partial charge in [0.25, 0.3) is 0 Å². The molecule has 1 aliphatic rings. The Kier molecular flexibility index (Phi) is 7.23. The summed E-state index contributed by atoms with van der Waals surface area (Å²) in [5, 5.41) is 0. The molecule has 5 nitrogen and oxygen atoms in total. The minimum atomic E-state index is -1.06. The first kappa shape index (κ1) is 20.6. The molecule has 1 N–H and O–H groups in total. The van der Waals surface area contributed by atoms with Crippen molar-refractivity contribution in [3.63, 3.8) is 0 Å². The van der Waals surface area contributed by atoms with Crippen molar-refractivity contribution in [3.8, 4) is 0 Å². The molecule has 1 saturated heterocycles. The summed E-state index contributed by atoms with van der Waals surface area (Å²) in [7, 11) is 0. The summed E-state index contributed by atoms with van der Waals surface area (Å²) in [6.45, 7) is 15.1. The van der Waals surface area contributed by atoms with Gasteiger partial charge in [-0.15, -0.1) is 4.72 Å². The van der Waals surface area contributed by atoms with Crippen molar-refractivity contribution in [3.05, 3.63) is 0 Å². The Morgan fingerprint density at radius 3 is 2.35 bits per heavy atom. The van der Waals surface area contributed by atoms with Crippen molar-refractivity contribution < 1.29 is 14.1 Å². The number of nitrogens with one attached hydrogen (secondary N) is 1. The van der Waals surface area contributed by atoms with Gasteiger partial charge in [-0.3, -0.25) is 0 Å². The van der Waals surface area contributed by atoms with Crippen LogP contribution >= 0.6 is 0 Å². The summed E-state index contributed by atoms with van der Waals surface area (Å²) in [6, 6.07) is 0.175. The Morgan fingerprint density at radius 2 is 1.83 bits per heavy atom. The average molecular weight is 347 g/mol. The van der Waals surface area contributed by atoms with Crippen LogP contribution in [0.15, 0.2) is 0 Å². The molecule has 1 amide bonds. The molecule has 1 aliphatic heterocycles. The fourth-order valence-corrected chi connectivity index (χ4v) is 3.46. The van der Waals surface area contributed by atoms with E-state index in [1.807, 2.05) is 41.5 Å². The van der Waals surface area contributed by atoms with Gasteiger partial charge >= 0.3 is 6.09 Å². The molecule has 3 unspecified atom stereocenters. The highest BCUT2D eigenvalue weighted by atomic mass is 32.2. The van der Waals surface area contributed by atoms with Gasteiger partial charge in [0.05, 0.1) is 6.04 Å². The maximum absolute atomic E-state index is 12.2. The maximum atomic E-state index is 12.2. The Bertz CT molecular complexity index is 390. The van der Waals surface area contributed by atoms with Crippen molar-refractivity contribution in [1.82, 2.24) is 9.62 Å². The molecule has 1 rings (SSSR count). The second-order valence-corrected chi connectivity index (χ2v) is 10.4. The van der Waals surface area contributed by atoms with Gasteiger partial charge in [0.1, 0.15) is 10.3 Å². The van der Waals surface area contributed by atoms with E-state index in [-0.39, 0.29) is 16.9 Å². The van der Waals surface area contributed by atoms with Crippen molar-refractivity contribution in [2.45, 2.75) is 84.1 Å².